The number of allylic oxidation sites excluding steroid dienone is 2. The number of halogens is 1. The Labute approximate surface area is 314 Å². The van der Waals surface area contributed by atoms with Gasteiger partial charge in [-0.05, 0) is 69.4 Å². The van der Waals surface area contributed by atoms with Crippen LogP contribution in [0.2, 0.25) is 5.02 Å². The first-order chi connectivity index (χ1) is 24.4. The molecular weight excluding hydrogens is 690 g/mol. The summed E-state index contributed by atoms with van der Waals surface area (Å²) in [7, 11) is 1.69. The number of epoxide rings is 1. The van der Waals surface area contributed by atoms with Crippen LogP contribution in [0.3, 0.4) is 0 Å². The van der Waals surface area contributed by atoms with Crippen LogP contribution in [0.5, 0.6) is 0 Å². The molecule has 2 heterocycles. The maximum atomic E-state index is 12.9. The van der Waals surface area contributed by atoms with Gasteiger partial charge in [-0.25, -0.2) is 0 Å². The molecule has 3 rings (SSSR count). The van der Waals surface area contributed by atoms with Gasteiger partial charge in [-0.1, -0.05) is 68.8 Å². The number of nitrogens with zero attached hydrogens (tertiary/aromatic N) is 1. The highest BCUT2D eigenvalue weighted by Crippen LogP contribution is 2.41. The van der Waals surface area contributed by atoms with Crippen molar-refractivity contribution in [3.05, 3.63) is 70.8 Å². The highest BCUT2D eigenvalue weighted by Gasteiger charge is 2.56. The molecule has 0 saturated carbocycles. The lowest BCUT2D eigenvalue weighted by Gasteiger charge is -2.39. The summed E-state index contributed by atoms with van der Waals surface area (Å²) < 4.78 is 23.3. The molecule has 1 aromatic carbocycles. The number of rotatable bonds is 15. The first-order valence-electron chi connectivity index (χ1n) is 18.2. The van der Waals surface area contributed by atoms with E-state index in [1.54, 1.807) is 51.3 Å². The summed E-state index contributed by atoms with van der Waals surface area (Å²) in [4.78, 5) is 26.8. The van der Waals surface area contributed by atoms with Crippen LogP contribution in [0.4, 0.5) is 0 Å². The van der Waals surface area contributed by atoms with Crippen LogP contribution in [-0.2, 0) is 35.1 Å². The lowest BCUT2D eigenvalue weighted by atomic mass is 9.86. The second-order valence-corrected chi connectivity index (χ2v) is 15.2. The van der Waals surface area contributed by atoms with Gasteiger partial charge >= 0.3 is 11.9 Å². The second kappa shape index (κ2) is 19.6. The highest BCUT2D eigenvalue weighted by atomic mass is 35.5. The summed E-state index contributed by atoms with van der Waals surface area (Å²) >= 11 is 6.15. The smallest absolute Gasteiger partial charge is 0.309 e. The zero-order chi connectivity index (χ0) is 38.8. The molecule has 1 fully saturated rings. The van der Waals surface area contributed by atoms with Crippen molar-refractivity contribution in [3.8, 4) is 0 Å². The fraction of sp³-hybridized carbons (Fsp3) is 0.650. The van der Waals surface area contributed by atoms with Gasteiger partial charge in [0.05, 0.1) is 43.0 Å². The van der Waals surface area contributed by atoms with Crippen molar-refractivity contribution in [2.75, 3.05) is 20.3 Å². The molecule has 4 N–H and O–H groups in total. The van der Waals surface area contributed by atoms with E-state index in [-0.39, 0.29) is 56.6 Å². The van der Waals surface area contributed by atoms with Gasteiger partial charge in [-0.3, -0.25) is 14.5 Å². The number of aliphatic hydroxyl groups excluding tert-OH is 2. The highest BCUT2D eigenvalue weighted by molar-refractivity contribution is 6.30. The van der Waals surface area contributed by atoms with Crippen LogP contribution in [0.1, 0.15) is 79.7 Å². The van der Waals surface area contributed by atoms with Crippen LogP contribution in [0, 0.1) is 11.8 Å². The standard InChI is InChI=1S/C40H60ClNO10/c1-9-32(49-8)27(4)36-37(52-36)38(42(21-22-43)24-29-13-15-30(41)16-14-29)40(7,48)19-10-11-25(2)35-26(3)12-17-33(50-28(5)44)39(6,47)20-18-31(45)23-34(46)51-35/h10-17,19,26-27,31-33,35-38,43,45,47-48H,9,18,20-24H2,1-8H3/t26-,27+,31+,32-,33-,35+,36?,37-,38?,39+,40?/m0/s1. The molecule has 3 unspecified atom stereocenters. The molecule has 11 atom stereocenters. The topological polar surface area (TPSA) is 159 Å². The van der Waals surface area contributed by atoms with Crippen molar-refractivity contribution in [3.63, 3.8) is 0 Å². The van der Waals surface area contributed by atoms with Gasteiger partial charge in [0.15, 0.2) is 0 Å². The van der Waals surface area contributed by atoms with Crippen molar-refractivity contribution >= 4 is 23.5 Å². The van der Waals surface area contributed by atoms with Crippen molar-refractivity contribution in [1.82, 2.24) is 4.90 Å². The van der Waals surface area contributed by atoms with E-state index in [2.05, 4.69) is 13.8 Å². The van der Waals surface area contributed by atoms with Gasteiger partial charge in [0.1, 0.15) is 23.9 Å². The lowest BCUT2D eigenvalue weighted by Crippen LogP contribution is -2.54. The van der Waals surface area contributed by atoms with E-state index in [0.29, 0.717) is 17.1 Å². The molecule has 0 aliphatic carbocycles. The zero-order valence-corrected chi connectivity index (χ0v) is 32.7. The quantitative estimate of drug-likeness (QED) is 0.0836. The number of methoxy groups -OCH3 is 1. The number of esters is 2. The maximum absolute atomic E-state index is 12.9. The Bertz CT molecular complexity index is 1390. The Hall–Kier alpha value is -2.61. The number of ether oxygens (including phenoxy) is 4. The Kier molecular flexibility index (Phi) is 16.5. The fourth-order valence-corrected chi connectivity index (χ4v) is 7.30. The predicted molar refractivity (Wildman–Crippen MR) is 199 cm³/mol. The van der Waals surface area contributed by atoms with Gasteiger partial charge in [-0.15, -0.1) is 0 Å². The fourth-order valence-electron chi connectivity index (χ4n) is 7.17. The zero-order valence-electron chi connectivity index (χ0n) is 31.9. The number of aliphatic hydroxyl groups is 4. The molecule has 0 amide bonds. The molecule has 1 aromatic rings. The molecule has 0 radical (unpaired) electrons. The molecule has 0 spiro atoms. The van der Waals surface area contributed by atoms with E-state index in [0.717, 1.165) is 12.0 Å². The number of carbonyl (C=O) groups is 2. The van der Waals surface area contributed by atoms with Crippen LogP contribution in [0.15, 0.2) is 60.2 Å². The Balaban J connectivity index is 1.96. The molecule has 2 aliphatic rings. The van der Waals surface area contributed by atoms with Crippen LogP contribution < -0.4 is 0 Å². The summed E-state index contributed by atoms with van der Waals surface area (Å²) in [6.45, 7) is 12.9. The first kappa shape index (κ1) is 43.8. The third kappa shape index (κ3) is 12.5. The number of hydrogen-bond acceptors (Lipinski definition) is 11. The van der Waals surface area contributed by atoms with E-state index in [1.807, 2.05) is 36.1 Å². The Morgan fingerprint density at radius 2 is 1.88 bits per heavy atom. The normalized spacial score (nSPS) is 30.5. The number of carbonyl (C=O) groups excluding carboxylic acids is 2. The summed E-state index contributed by atoms with van der Waals surface area (Å²) in [5.74, 6) is -1.51. The summed E-state index contributed by atoms with van der Waals surface area (Å²) in [6, 6.07) is 6.89. The minimum absolute atomic E-state index is 0.0227. The summed E-state index contributed by atoms with van der Waals surface area (Å²) in [5, 5.41) is 44.6. The molecule has 12 heteroatoms. The second-order valence-electron chi connectivity index (χ2n) is 14.8. The predicted octanol–water partition coefficient (Wildman–Crippen LogP) is 4.92. The molecule has 2 aliphatic heterocycles. The van der Waals surface area contributed by atoms with Gasteiger partial charge in [0.2, 0.25) is 0 Å². The molecule has 11 nitrogen and oxygen atoms in total. The Morgan fingerprint density at radius 1 is 1.21 bits per heavy atom. The largest absolute Gasteiger partial charge is 0.457 e. The van der Waals surface area contributed by atoms with E-state index in [1.165, 1.54) is 13.8 Å². The average Bonchev–Trinajstić information content (AvgIpc) is 3.85. The minimum atomic E-state index is -1.47. The average molecular weight is 750 g/mol. The van der Waals surface area contributed by atoms with Crippen molar-refractivity contribution in [2.24, 2.45) is 11.8 Å². The summed E-state index contributed by atoms with van der Waals surface area (Å²) in [5.41, 5.74) is -1.31. The first-order valence-corrected chi connectivity index (χ1v) is 18.6. The molecule has 0 bridgehead atoms. The van der Waals surface area contributed by atoms with Crippen molar-refractivity contribution in [1.29, 1.82) is 0 Å². The van der Waals surface area contributed by atoms with Gasteiger partial charge in [0.25, 0.3) is 0 Å². The lowest BCUT2D eigenvalue weighted by molar-refractivity contribution is -0.157. The van der Waals surface area contributed by atoms with E-state index in [4.69, 9.17) is 30.5 Å². The molecular formula is C40H60ClNO10. The number of cyclic esters (lactones) is 1. The minimum Gasteiger partial charge on any atom is -0.457 e. The number of hydrogen-bond donors (Lipinski definition) is 4. The molecule has 1 saturated heterocycles. The SMILES string of the molecule is CC[C@H](OC)[C@@H](C)C1O[C@@H]1C(N(CCO)Cc1ccc(Cl)cc1)C(C)(O)C=CC=C(C)[C@H]1OC(=O)C[C@H](O)CC[C@@](C)(O)[C@@H](OC(C)=O)C=C[C@@H]1C. The van der Waals surface area contributed by atoms with Gasteiger partial charge in [-0.2, -0.15) is 0 Å². The molecule has 52 heavy (non-hydrogen) atoms. The van der Waals surface area contributed by atoms with Crippen LogP contribution >= 0.6 is 11.6 Å². The number of benzene rings is 1. The third-order valence-corrected chi connectivity index (χ3v) is 10.5. The summed E-state index contributed by atoms with van der Waals surface area (Å²) in [6.07, 6.45) is 5.88. The monoisotopic (exact) mass is 749 g/mol. The molecule has 0 aromatic heterocycles. The van der Waals surface area contributed by atoms with Crippen molar-refractivity contribution < 1.29 is 49.0 Å². The van der Waals surface area contributed by atoms with E-state index < -0.39 is 53.4 Å². The Morgan fingerprint density at radius 3 is 2.48 bits per heavy atom. The van der Waals surface area contributed by atoms with Gasteiger partial charge in [0, 0.05) is 44.0 Å². The van der Waals surface area contributed by atoms with Crippen molar-refractivity contribution in [2.45, 2.75) is 135 Å². The third-order valence-electron chi connectivity index (χ3n) is 10.2. The maximum Gasteiger partial charge on any atom is 0.309 e. The van der Waals surface area contributed by atoms with Gasteiger partial charge < -0.3 is 39.4 Å². The van der Waals surface area contributed by atoms with E-state index >= 15 is 0 Å². The van der Waals surface area contributed by atoms with E-state index in [9.17, 15) is 30.0 Å². The van der Waals surface area contributed by atoms with Crippen LogP contribution in [-0.4, -0.2) is 111 Å². The molecule has 292 valence electrons. The van der Waals surface area contributed by atoms with Crippen LogP contribution in [0.25, 0.3) is 0 Å².